The Morgan fingerprint density at radius 3 is 1.19 bits per heavy atom. The van der Waals surface area contributed by atoms with Gasteiger partial charge in [-0.3, -0.25) is 0 Å². The highest BCUT2D eigenvalue weighted by atomic mass is 16.5. The summed E-state index contributed by atoms with van der Waals surface area (Å²) in [6, 6.07) is 46.9. The minimum absolute atomic E-state index is 0.300. The van der Waals surface area contributed by atoms with E-state index in [-0.39, 0.29) is 12.2 Å². The zero-order valence-electron chi connectivity index (χ0n) is 23.6. The average molecular weight is 550 g/mol. The molecule has 5 aromatic rings. The van der Waals surface area contributed by atoms with E-state index in [0.717, 1.165) is 22.3 Å². The van der Waals surface area contributed by atoms with Crippen LogP contribution in [-0.4, -0.2) is 16.8 Å². The first kappa shape index (κ1) is 25.9. The number of aliphatic imine (C=N–C) groups is 2. The molecule has 42 heavy (non-hydrogen) atoms. The van der Waals surface area contributed by atoms with Crippen molar-refractivity contribution >= 4 is 11.8 Å². The van der Waals surface area contributed by atoms with Gasteiger partial charge in [-0.25, -0.2) is 15.0 Å². The van der Waals surface area contributed by atoms with Gasteiger partial charge < -0.3 is 9.47 Å². The van der Waals surface area contributed by atoms with Gasteiger partial charge in [0.1, 0.15) is 22.5 Å². The number of hydrogen-bond donors (Lipinski definition) is 0. The highest BCUT2D eigenvalue weighted by Gasteiger charge is 2.47. The Balaban J connectivity index is 1.28. The summed E-state index contributed by atoms with van der Waals surface area (Å²) in [4.78, 5) is 15.4. The van der Waals surface area contributed by atoms with E-state index in [4.69, 9.17) is 24.4 Å². The van der Waals surface area contributed by atoms with Gasteiger partial charge in [-0.05, 0) is 48.2 Å². The Kier molecular flexibility index (Phi) is 6.43. The molecule has 5 nitrogen and oxygen atoms in total. The lowest BCUT2D eigenvalue weighted by Crippen LogP contribution is -2.25. The third kappa shape index (κ3) is 4.47. The first-order chi connectivity index (χ1) is 20.5. The molecule has 206 valence electrons. The molecule has 4 aromatic carbocycles. The van der Waals surface area contributed by atoms with Crippen molar-refractivity contribution in [3.05, 3.63) is 173 Å². The lowest BCUT2D eigenvalue weighted by molar-refractivity contribution is 0.146. The molecule has 0 N–H and O–H groups in total. The van der Waals surface area contributed by atoms with Crippen LogP contribution in [-0.2, 0) is 20.6 Å². The van der Waals surface area contributed by atoms with Crippen LogP contribution in [0.25, 0.3) is 0 Å². The highest BCUT2D eigenvalue weighted by Crippen LogP contribution is 2.47. The van der Waals surface area contributed by atoms with E-state index in [9.17, 15) is 0 Å². The van der Waals surface area contributed by atoms with Gasteiger partial charge in [-0.15, -0.1) is 0 Å². The number of aromatic nitrogens is 1. The predicted molar refractivity (Wildman–Crippen MR) is 165 cm³/mol. The normalized spacial score (nSPS) is 24.8. The molecule has 0 aliphatic carbocycles. The molecule has 0 saturated heterocycles. The Hall–Kier alpha value is -5.03. The predicted octanol–water partition coefficient (Wildman–Crippen LogP) is 7.95. The molecule has 0 bridgehead atoms. The number of benzene rings is 4. The van der Waals surface area contributed by atoms with Crippen molar-refractivity contribution in [2.75, 3.05) is 0 Å². The van der Waals surface area contributed by atoms with Gasteiger partial charge in [0, 0.05) is 0 Å². The van der Waals surface area contributed by atoms with E-state index in [1.807, 2.05) is 91.0 Å². The minimum atomic E-state index is -0.624. The van der Waals surface area contributed by atoms with Gasteiger partial charge >= 0.3 is 0 Å². The maximum Gasteiger partial charge on any atom is 0.237 e. The fourth-order valence-corrected chi connectivity index (χ4v) is 5.98. The van der Waals surface area contributed by atoms with Crippen LogP contribution in [0, 0.1) is 0 Å². The molecule has 0 spiro atoms. The Morgan fingerprint density at radius 2 is 0.810 bits per heavy atom. The van der Waals surface area contributed by atoms with Gasteiger partial charge in [0.25, 0.3) is 0 Å². The van der Waals surface area contributed by atoms with Gasteiger partial charge in [-0.2, -0.15) is 0 Å². The minimum Gasteiger partial charge on any atom is -0.465 e. The van der Waals surface area contributed by atoms with Crippen LogP contribution in [0.5, 0.6) is 0 Å². The summed E-state index contributed by atoms with van der Waals surface area (Å²) < 4.78 is 13.3. The first-order valence-electron chi connectivity index (χ1n) is 14.3. The van der Waals surface area contributed by atoms with Crippen molar-refractivity contribution in [1.82, 2.24) is 4.98 Å². The number of pyridine rings is 1. The second kappa shape index (κ2) is 10.4. The van der Waals surface area contributed by atoms with Gasteiger partial charge in [0.15, 0.2) is 12.2 Å². The second-order valence-corrected chi connectivity index (χ2v) is 11.1. The fourth-order valence-electron chi connectivity index (χ4n) is 5.98. The standard InChI is InChI=1S/C37H31N3O2/c1-36(28-20-11-5-12-21-28)32(26-16-7-3-8-17-26)41-34(39-36)30-24-15-25-31(38-30)35-40-37(2,29-22-13-6-14-23-29)33(42-35)27-18-9-4-10-19-27/h3-25,32-33H,1-2H3. The van der Waals surface area contributed by atoms with E-state index < -0.39 is 11.1 Å². The van der Waals surface area contributed by atoms with Crippen LogP contribution in [0.2, 0.25) is 0 Å². The van der Waals surface area contributed by atoms with Crippen molar-refractivity contribution in [2.24, 2.45) is 9.98 Å². The maximum absolute atomic E-state index is 6.63. The average Bonchev–Trinajstić information content (AvgIpc) is 3.62. The van der Waals surface area contributed by atoms with Crippen LogP contribution in [0.1, 0.15) is 59.7 Å². The molecule has 7 rings (SSSR count). The maximum atomic E-state index is 6.63. The van der Waals surface area contributed by atoms with E-state index in [1.165, 1.54) is 0 Å². The van der Waals surface area contributed by atoms with Crippen LogP contribution >= 0.6 is 0 Å². The van der Waals surface area contributed by atoms with Crippen LogP contribution in [0.15, 0.2) is 150 Å². The van der Waals surface area contributed by atoms with E-state index in [2.05, 4.69) is 62.4 Å². The molecule has 0 saturated carbocycles. The van der Waals surface area contributed by atoms with Crippen molar-refractivity contribution in [3.8, 4) is 0 Å². The first-order valence-corrected chi connectivity index (χ1v) is 14.3. The monoisotopic (exact) mass is 549 g/mol. The zero-order valence-corrected chi connectivity index (χ0v) is 23.6. The SMILES string of the molecule is CC1(c2ccccc2)N=C(c2cccc(C3=NC(C)(c4ccccc4)C(c4ccccc4)O3)n2)OC1c1ccccc1. The molecule has 0 radical (unpaired) electrons. The quantitative estimate of drug-likeness (QED) is 0.216. The van der Waals surface area contributed by atoms with E-state index in [0.29, 0.717) is 23.2 Å². The summed E-state index contributed by atoms with van der Waals surface area (Å²) in [6.45, 7) is 4.24. The van der Waals surface area contributed by atoms with Crippen molar-refractivity contribution in [1.29, 1.82) is 0 Å². The molecular formula is C37H31N3O2. The summed E-state index contributed by atoms with van der Waals surface area (Å²) in [5.74, 6) is 1.00. The topological polar surface area (TPSA) is 56.1 Å². The Morgan fingerprint density at radius 1 is 0.452 bits per heavy atom. The largest absolute Gasteiger partial charge is 0.465 e. The Bertz CT molecular complexity index is 1630. The number of ether oxygens (including phenoxy) is 2. The van der Waals surface area contributed by atoms with Gasteiger partial charge in [0.2, 0.25) is 11.8 Å². The molecule has 0 amide bonds. The van der Waals surface area contributed by atoms with Crippen molar-refractivity contribution < 1.29 is 9.47 Å². The lowest BCUT2D eigenvalue weighted by atomic mass is 9.84. The summed E-state index contributed by atoms with van der Waals surface area (Å²) in [5, 5.41) is 0. The van der Waals surface area contributed by atoms with Crippen molar-refractivity contribution in [3.63, 3.8) is 0 Å². The molecule has 1 aromatic heterocycles. The highest BCUT2D eigenvalue weighted by molar-refractivity contribution is 5.98. The summed E-state index contributed by atoms with van der Waals surface area (Å²) in [5.41, 5.74) is 4.32. The molecule has 0 fully saturated rings. The molecule has 5 heteroatoms. The van der Waals surface area contributed by atoms with Crippen LogP contribution < -0.4 is 0 Å². The summed E-state index contributed by atoms with van der Waals surface area (Å²) >= 11 is 0. The number of nitrogens with zero attached hydrogens (tertiary/aromatic N) is 3. The lowest BCUT2D eigenvalue weighted by Gasteiger charge is -2.28. The Labute approximate surface area is 246 Å². The molecular weight excluding hydrogens is 518 g/mol. The summed E-state index contributed by atoms with van der Waals surface area (Å²) in [7, 11) is 0. The number of rotatable bonds is 6. The van der Waals surface area contributed by atoms with E-state index >= 15 is 0 Å². The third-order valence-electron chi connectivity index (χ3n) is 8.26. The van der Waals surface area contributed by atoms with Crippen LogP contribution in [0.4, 0.5) is 0 Å². The fraction of sp³-hybridized carbons (Fsp3) is 0.162. The van der Waals surface area contributed by atoms with E-state index in [1.54, 1.807) is 0 Å². The molecule has 4 unspecified atom stereocenters. The van der Waals surface area contributed by atoms with Crippen molar-refractivity contribution in [2.45, 2.75) is 37.1 Å². The zero-order chi connectivity index (χ0) is 28.6. The third-order valence-corrected chi connectivity index (χ3v) is 8.26. The molecule has 2 aliphatic heterocycles. The van der Waals surface area contributed by atoms with Crippen LogP contribution in [0.3, 0.4) is 0 Å². The van der Waals surface area contributed by atoms with Gasteiger partial charge in [0.05, 0.1) is 0 Å². The number of hydrogen-bond acceptors (Lipinski definition) is 5. The smallest absolute Gasteiger partial charge is 0.237 e. The summed E-state index contributed by atoms with van der Waals surface area (Å²) in [6.07, 6.45) is -0.601. The molecule has 4 atom stereocenters. The van der Waals surface area contributed by atoms with Gasteiger partial charge in [-0.1, -0.05) is 127 Å². The second-order valence-electron chi connectivity index (χ2n) is 11.1. The molecule has 3 heterocycles. The molecule has 2 aliphatic rings.